The van der Waals surface area contributed by atoms with Gasteiger partial charge in [-0.3, -0.25) is 0 Å². The molecule has 19 heavy (non-hydrogen) atoms. The Morgan fingerprint density at radius 3 is 2.84 bits per heavy atom. The van der Waals surface area contributed by atoms with Gasteiger partial charge < -0.3 is 21.2 Å². The Balaban J connectivity index is 2.30. The summed E-state index contributed by atoms with van der Waals surface area (Å²) in [5.74, 6) is 0.437. The van der Waals surface area contributed by atoms with E-state index >= 15 is 0 Å². The summed E-state index contributed by atoms with van der Waals surface area (Å²) in [6.07, 6.45) is 0.872. The van der Waals surface area contributed by atoms with E-state index in [4.69, 9.17) is 15.9 Å². The molecule has 2 heterocycles. The Labute approximate surface area is 109 Å². The fourth-order valence-corrected chi connectivity index (χ4v) is 2.22. The summed E-state index contributed by atoms with van der Waals surface area (Å²) in [4.78, 5) is 8.15. The van der Waals surface area contributed by atoms with Gasteiger partial charge in [0.15, 0.2) is 11.4 Å². The maximum atomic E-state index is 5.83. The van der Waals surface area contributed by atoms with E-state index in [-0.39, 0.29) is 11.8 Å². The largest absolute Gasteiger partial charge is 0.450 e. The lowest BCUT2D eigenvalue weighted by Crippen LogP contribution is -2.10. The van der Waals surface area contributed by atoms with Crippen LogP contribution in [0, 0.1) is 0 Å². The molecule has 0 fully saturated rings. The molecule has 6 nitrogen and oxygen atoms in total. The Hall–Kier alpha value is -2.34. The first-order chi connectivity index (χ1) is 9.20. The molecule has 0 aliphatic rings. The molecule has 0 radical (unpaired) electrons. The van der Waals surface area contributed by atoms with Crippen LogP contribution in [0.3, 0.4) is 0 Å². The van der Waals surface area contributed by atoms with Crippen LogP contribution in [0.1, 0.15) is 5.56 Å². The SMILES string of the molecule is CNCCc1cccc2c1oc1c(N)nc(N)nc12. The summed E-state index contributed by atoms with van der Waals surface area (Å²) < 4.78 is 5.83. The van der Waals surface area contributed by atoms with Gasteiger partial charge in [-0.05, 0) is 31.6 Å². The van der Waals surface area contributed by atoms with Crippen molar-refractivity contribution >= 4 is 33.8 Å². The normalized spacial score (nSPS) is 11.4. The highest BCUT2D eigenvalue weighted by Gasteiger charge is 2.15. The van der Waals surface area contributed by atoms with E-state index < -0.39 is 0 Å². The minimum Gasteiger partial charge on any atom is -0.450 e. The molecule has 2 aromatic heterocycles. The van der Waals surface area contributed by atoms with Crippen LogP contribution >= 0.6 is 0 Å². The maximum Gasteiger partial charge on any atom is 0.222 e. The van der Waals surface area contributed by atoms with Crippen LogP contribution in [0.4, 0.5) is 11.8 Å². The first-order valence-electron chi connectivity index (χ1n) is 6.08. The van der Waals surface area contributed by atoms with Gasteiger partial charge in [0.05, 0.1) is 0 Å². The van der Waals surface area contributed by atoms with E-state index in [1.54, 1.807) is 0 Å². The topological polar surface area (TPSA) is 103 Å². The van der Waals surface area contributed by atoms with Crippen molar-refractivity contribution in [3.8, 4) is 0 Å². The van der Waals surface area contributed by atoms with Crippen LogP contribution in [-0.2, 0) is 6.42 Å². The molecule has 5 N–H and O–H groups in total. The molecule has 0 spiro atoms. The fourth-order valence-electron chi connectivity index (χ4n) is 2.22. The predicted octanol–water partition coefficient (Wildman–Crippen LogP) is 1.30. The molecular weight excluding hydrogens is 242 g/mol. The summed E-state index contributed by atoms with van der Waals surface area (Å²) >= 11 is 0. The predicted molar refractivity (Wildman–Crippen MR) is 75.8 cm³/mol. The Kier molecular flexibility index (Phi) is 2.72. The average Bonchev–Trinajstić information content (AvgIpc) is 2.76. The van der Waals surface area contributed by atoms with Crippen LogP contribution in [0.2, 0.25) is 0 Å². The summed E-state index contributed by atoms with van der Waals surface area (Å²) in [7, 11) is 1.92. The smallest absolute Gasteiger partial charge is 0.222 e. The molecule has 3 rings (SSSR count). The number of nitrogens with two attached hydrogens (primary N) is 2. The van der Waals surface area contributed by atoms with Crippen molar-refractivity contribution in [1.29, 1.82) is 0 Å². The first-order valence-corrected chi connectivity index (χ1v) is 6.08. The maximum absolute atomic E-state index is 5.83. The van der Waals surface area contributed by atoms with Crippen molar-refractivity contribution in [2.75, 3.05) is 25.1 Å². The molecule has 0 unspecified atom stereocenters. The number of benzene rings is 1. The Morgan fingerprint density at radius 2 is 2.05 bits per heavy atom. The third-order valence-electron chi connectivity index (χ3n) is 3.11. The lowest BCUT2D eigenvalue weighted by atomic mass is 10.1. The van der Waals surface area contributed by atoms with Crippen molar-refractivity contribution in [1.82, 2.24) is 15.3 Å². The van der Waals surface area contributed by atoms with Crippen LogP contribution in [0.5, 0.6) is 0 Å². The molecule has 0 aliphatic carbocycles. The van der Waals surface area contributed by atoms with Gasteiger partial charge in [0, 0.05) is 5.39 Å². The van der Waals surface area contributed by atoms with E-state index in [1.165, 1.54) is 0 Å². The lowest BCUT2D eigenvalue weighted by Gasteiger charge is -2.00. The van der Waals surface area contributed by atoms with Gasteiger partial charge in [-0.1, -0.05) is 12.1 Å². The monoisotopic (exact) mass is 257 g/mol. The van der Waals surface area contributed by atoms with Crippen molar-refractivity contribution in [2.45, 2.75) is 6.42 Å². The van der Waals surface area contributed by atoms with Crippen molar-refractivity contribution < 1.29 is 4.42 Å². The van der Waals surface area contributed by atoms with Crippen LogP contribution < -0.4 is 16.8 Å². The molecular formula is C13H15N5O. The number of nitrogens with zero attached hydrogens (tertiary/aromatic N) is 2. The molecule has 98 valence electrons. The van der Waals surface area contributed by atoms with Crippen LogP contribution in [0.15, 0.2) is 22.6 Å². The number of nitrogen functional groups attached to an aromatic ring is 2. The number of likely N-dealkylation sites (N-methyl/N-ethyl adjacent to an activating group) is 1. The molecule has 6 heteroatoms. The zero-order valence-electron chi connectivity index (χ0n) is 10.6. The molecule has 0 saturated heterocycles. The van der Waals surface area contributed by atoms with Crippen LogP contribution in [-0.4, -0.2) is 23.6 Å². The zero-order chi connectivity index (χ0) is 13.4. The number of para-hydroxylation sites is 1. The summed E-state index contributed by atoms with van der Waals surface area (Å²) in [6, 6.07) is 5.97. The second-order valence-corrected chi connectivity index (χ2v) is 4.39. The lowest BCUT2D eigenvalue weighted by molar-refractivity contribution is 0.658. The standard InChI is InChI=1S/C13H15N5O/c1-16-6-5-7-3-2-4-8-9-11(19-10(7)8)12(14)18-13(15)17-9/h2-4,16H,5-6H2,1H3,(H4,14,15,17,18). The Bertz CT molecular complexity index is 749. The second kappa shape index (κ2) is 4.40. The highest BCUT2D eigenvalue weighted by Crippen LogP contribution is 2.32. The average molecular weight is 257 g/mol. The number of rotatable bonds is 3. The van der Waals surface area contributed by atoms with Gasteiger partial charge in [-0.15, -0.1) is 0 Å². The summed E-state index contributed by atoms with van der Waals surface area (Å²) in [6.45, 7) is 0.874. The zero-order valence-corrected chi connectivity index (χ0v) is 10.6. The number of anilines is 2. The molecule has 0 atom stereocenters. The van der Waals surface area contributed by atoms with Crippen molar-refractivity contribution in [2.24, 2.45) is 0 Å². The number of fused-ring (bicyclic) bond motifs is 3. The first kappa shape index (κ1) is 11.7. The third kappa shape index (κ3) is 1.86. The third-order valence-corrected chi connectivity index (χ3v) is 3.11. The van der Waals surface area contributed by atoms with Crippen molar-refractivity contribution in [3.63, 3.8) is 0 Å². The highest BCUT2D eigenvalue weighted by atomic mass is 16.3. The highest BCUT2D eigenvalue weighted by molar-refractivity contribution is 6.06. The van der Waals surface area contributed by atoms with Gasteiger partial charge in [0.2, 0.25) is 5.95 Å². The number of aromatic nitrogens is 2. The molecule has 3 aromatic rings. The van der Waals surface area contributed by atoms with E-state index in [0.717, 1.165) is 29.5 Å². The molecule has 0 bridgehead atoms. The van der Waals surface area contributed by atoms with Gasteiger partial charge in [0.1, 0.15) is 11.1 Å². The van der Waals surface area contributed by atoms with E-state index in [0.29, 0.717) is 11.1 Å². The van der Waals surface area contributed by atoms with E-state index in [1.807, 2.05) is 25.2 Å². The number of furan rings is 1. The van der Waals surface area contributed by atoms with Crippen molar-refractivity contribution in [3.05, 3.63) is 23.8 Å². The van der Waals surface area contributed by atoms with E-state index in [2.05, 4.69) is 15.3 Å². The van der Waals surface area contributed by atoms with Gasteiger partial charge in [-0.25, -0.2) is 4.98 Å². The minimum absolute atomic E-state index is 0.160. The van der Waals surface area contributed by atoms with E-state index in [9.17, 15) is 0 Å². The molecule has 0 aliphatic heterocycles. The quantitative estimate of drug-likeness (QED) is 0.653. The summed E-state index contributed by atoms with van der Waals surface area (Å²) in [5.41, 5.74) is 14.6. The fraction of sp³-hybridized carbons (Fsp3) is 0.231. The number of hydrogen-bond acceptors (Lipinski definition) is 6. The summed E-state index contributed by atoms with van der Waals surface area (Å²) in [5, 5.41) is 4.04. The molecule has 0 saturated carbocycles. The Morgan fingerprint density at radius 1 is 1.21 bits per heavy atom. The van der Waals surface area contributed by atoms with Crippen LogP contribution in [0.25, 0.3) is 22.1 Å². The van der Waals surface area contributed by atoms with Gasteiger partial charge >= 0.3 is 0 Å². The molecule has 1 aromatic carbocycles. The molecule has 0 amide bonds. The second-order valence-electron chi connectivity index (χ2n) is 4.39. The number of hydrogen-bond donors (Lipinski definition) is 3. The number of nitrogens with one attached hydrogen (secondary N) is 1. The van der Waals surface area contributed by atoms with Gasteiger partial charge in [-0.2, -0.15) is 4.98 Å². The van der Waals surface area contributed by atoms with Gasteiger partial charge in [0.25, 0.3) is 0 Å². The minimum atomic E-state index is 0.160.